The van der Waals surface area contributed by atoms with Gasteiger partial charge in [0.05, 0.1) is 6.54 Å². The van der Waals surface area contributed by atoms with E-state index in [1.165, 1.54) is 12.1 Å². The second-order valence-electron chi connectivity index (χ2n) is 2.37. The topological polar surface area (TPSA) is 83.6 Å². The second-order valence-corrected chi connectivity index (χ2v) is 2.37. The van der Waals surface area contributed by atoms with Crippen LogP contribution >= 0.6 is 0 Å². The number of hydrogen-bond donors (Lipinski definition) is 3. The molecule has 1 aromatic rings. The molecule has 0 saturated carbocycles. The highest BCUT2D eigenvalue weighted by molar-refractivity contribution is 5.98. The zero-order valence-electron chi connectivity index (χ0n) is 6.32. The van der Waals surface area contributed by atoms with Crippen molar-refractivity contribution >= 4 is 5.78 Å². The highest BCUT2D eigenvalue weighted by atomic mass is 16.3. The first-order valence-corrected chi connectivity index (χ1v) is 3.40. The number of rotatable bonds is 2. The third-order valence-electron chi connectivity index (χ3n) is 1.41. The lowest BCUT2D eigenvalue weighted by Crippen LogP contribution is -2.13. The van der Waals surface area contributed by atoms with Crippen molar-refractivity contribution in [3.63, 3.8) is 0 Å². The van der Waals surface area contributed by atoms with Crippen LogP contribution in [0.3, 0.4) is 0 Å². The van der Waals surface area contributed by atoms with Gasteiger partial charge in [0.2, 0.25) is 0 Å². The van der Waals surface area contributed by atoms with Gasteiger partial charge < -0.3 is 15.9 Å². The summed E-state index contributed by atoms with van der Waals surface area (Å²) in [5.74, 6) is -0.611. The molecule has 0 fully saturated rings. The molecule has 1 rings (SSSR count). The molecule has 0 heterocycles. The van der Waals surface area contributed by atoms with Crippen molar-refractivity contribution in [1.29, 1.82) is 0 Å². The Morgan fingerprint density at radius 2 is 1.75 bits per heavy atom. The normalized spacial score (nSPS) is 9.75. The molecule has 0 amide bonds. The van der Waals surface area contributed by atoms with Crippen LogP contribution in [0, 0.1) is 0 Å². The van der Waals surface area contributed by atoms with E-state index in [4.69, 9.17) is 15.9 Å². The van der Waals surface area contributed by atoms with Crippen molar-refractivity contribution in [3.05, 3.63) is 23.8 Å². The third-order valence-corrected chi connectivity index (χ3v) is 1.41. The third kappa shape index (κ3) is 1.73. The van der Waals surface area contributed by atoms with Crippen LogP contribution in [-0.4, -0.2) is 22.5 Å². The molecular formula is C8H9NO3. The Morgan fingerprint density at radius 3 is 2.17 bits per heavy atom. The van der Waals surface area contributed by atoms with E-state index >= 15 is 0 Å². The Balaban J connectivity index is 3.08. The summed E-state index contributed by atoms with van der Waals surface area (Å²) in [5.41, 5.74) is 5.31. The van der Waals surface area contributed by atoms with E-state index in [-0.39, 0.29) is 29.4 Å². The quantitative estimate of drug-likeness (QED) is 0.551. The fourth-order valence-corrected chi connectivity index (χ4v) is 0.874. The van der Waals surface area contributed by atoms with Gasteiger partial charge in [-0.3, -0.25) is 4.79 Å². The monoisotopic (exact) mass is 167 g/mol. The lowest BCUT2D eigenvalue weighted by Gasteiger charge is -1.99. The maximum Gasteiger partial charge on any atom is 0.176 e. The summed E-state index contributed by atoms with van der Waals surface area (Å²) in [6.07, 6.45) is 0. The smallest absolute Gasteiger partial charge is 0.176 e. The lowest BCUT2D eigenvalue weighted by atomic mass is 10.1. The number of benzene rings is 1. The van der Waals surface area contributed by atoms with Gasteiger partial charge in [0.25, 0.3) is 0 Å². The van der Waals surface area contributed by atoms with Gasteiger partial charge >= 0.3 is 0 Å². The van der Waals surface area contributed by atoms with Crippen molar-refractivity contribution in [3.8, 4) is 11.5 Å². The fraction of sp³-hybridized carbons (Fsp3) is 0.125. The van der Waals surface area contributed by atoms with E-state index in [0.29, 0.717) is 0 Å². The van der Waals surface area contributed by atoms with Crippen molar-refractivity contribution in [2.24, 2.45) is 5.73 Å². The number of ketones is 1. The molecule has 0 aromatic heterocycles. The number of carbonyl (C=O) groups is 1. The average molecular weight is 167 g/mol. The minimum absolute atomic E-state index is 0.136. The first-order valence-electron chi connectivity index (χ1n) is 3.40. The zero-order valence-corrected chi connectivity index (χ0v) is 6.32. The molecule has 0 atom stereocenters. The number of carbonyl (C=O) groups excluding carboxylic acids is 1. The number of phenolic OH excluding ortho intramolecular Hbond substituents is 2. The highest BCUT2D eigenvalue weighted by Gasteiger charge is 2.05. The van der Waals surface area contributed by atoms with Gasteiger partial charge in [-0.2, -0.15) is 0 Å². The highest BCUT2D eigenvalue weighted by Crippen LogP contribution is 2.20. The molecule has 4 heteroatoms. The van der Waals surface area contributed by atoms with E-state index < -0.39 is 0 Å². The second kappa shape index (κ2) is 3.23. The van der Waals surface area contributed by atoms with Crippen molar-refractivity contribution in [2.75, 3.05) is 6.54 Å². The van der Waals surface area contributed by atoms with Crippen molar-refractivity contribution < 1.29 is 15.0 Å². The predicted octanol–water partition coefficient (Wildman–Crippen LogP) is 0.239. The molecule has 0 unspecified atom stereocenters. The Hall–Kier alpha value is -1.55. The molecule has 12 heavy (non-hydrogen) atoms. The first-order chi connectivity index (χ1) is 5.63. The maximum absolute atomic E-state index is 11.0. The number of nitrogens with two attached hydrogens (primary N) is 1. The van der Waals surface area contributed by atoms with Crippen LogP contribution in [0.4, 0.5) is 0 Å². The minimum atomic E-state index is -0.318. The molecule has 1 aromatic carbocycles. The maximum atomic E-state index is 11.0. The van der Waals surface area contributed by atoms with Gasteiger partial charge in [-0.05, 0) is 12.1 Å². The number of aromatic hydroxyl groups is 2. The molecule has 0 aliphatic heterocycles. The van der Waals surface area contributed by atoms with Gasteiger partial charge in [0, 0.05) is 11.6 Å². The van der Waals surface area contributed by atoms with Crippen molar-refractivity contribution in [1.82, 2.24) is 0 Å². The van der Waals surface area contributed by atoms with Crippen LogP contribution in [0.1, 0.15) is 10.4 Å². The molecule has 64 valence electrons. The summed E-state index contributed by atoms with van der Waals surface area (Å²) in [6, 6.07) is 3.66. The largest absolute Gasteiger partial charge is 0.508 e. The molecule has 0 saturated heterocycles. The van der Waals surface area contributed by atoms with E-state index in [1.807, 2.05) is 0 Å². The van der Waals surface area contributed by atoms with Gasteiger partial charge in [-0.25, -0.2) is 0 Å². The summed E-state index contributed by atoms with van der Waals surface area (Å²) >= 11 is 0. The van der Waals surface area contributed by atoms with Crippen LogP contribution in [0.2, 0.25) is 0 Å². The molecule has 4 N–H and O–H groups in total. The Kier molecular flexibility index (Phi) is 2.30. The molecule has 0 aliphatic rings. The molecular weight excluding hydrogens is 158 g/mol. The van der Waals surface area contributed by atoms with Crippen LogP contribution in [0.5, 0.6) is 11.5 Å². The van der Waals surface area contributed by atoms with Gasteiger partial charge in [-0.15, -0.1) is 0 Å². The van der Waals surface area contributed by atoms with Crippen LogP contribution < -0.4 is 5.73 Å². The van der Waals surface area contributed by atoms with E-state index in [2.05, 4.69) is 0 Å². The van der Waals surface area contributed by atoms with Gasteiger partial charge in [0.15, 0.2) is 5.78 Å². The fourth-order valence-electron chi connectivity index (χ4n) is 0.874. The van der Waals surface area contributed by atoms with Crippen LogP contribution in [0.15, 0.2) is 18.2 Å². The predicted molar refractivity (Wildman–Crippen MR) is 43.2 cm³/mol. The molecule has 0 bridgehead atoms. The summed E-state index contributed by atoms with van der Waals surface area (Å²) in [6.45, 7) is -0.136. The standard InChI is InChI=1S/C8H9NO3/c9-4-8(12)5-1-6(10)3-7(11)2-5/h1-3,10-11H,4,9H2. The van der Waals surface area contributed by atoms with Gasteiger partial charge in [-0.1, -0.05) is 0 Å². The molecule has 4 nitrogen and oxygen atoms in total. The Labute approximate surface area is 69.3 Å². The van der Waals surface area contributed by atoms with Gasteiger partial charge in [0.1, 0.15) is 11.5 Å². The first kappa shape index (κ1) is 8.55. The molecule has 0 radical (unpaired) electrons. The van der Waals surface area contributed by atoms with Crippen molar-refractivity contribution in [2.45, 2.75) is 0 Å². The number of phenols is 2. The summed E-state index contributed by atoms with van der Waals surface area (Å²) in [4.78, 5) is 11.0. The van der Waals surface area contributed by atoms with Crippen LogP contribution in [-0.2, 0) is 0 Å². The molecule has 0 spiro atoms. The Morgan fingerprint density at radius 1 is 1.25 bits per heavy atom. The number of hydrogen-bond acceptors (Lipinski definition) is 4. The summed E-state index contributed by atoms with van der Waals surface area (Å²) < 4.78 is 0. The molecule has 0 aliphatic carbocycles. The average Bonchev–Trinajstić information content (AvgIpc) is 2.01. The number of Topliss-reactive ketones (excluding diaryl/α,β-unsaturated/α-hetero) is 1. The van der Waals surface area contributed by atoms with Crippen LogP contribution in [0.25, 0.3) is 0 Å². The van der Waals surface area contributed by atoms with E-state index in [0.717, 1.165) is 6.07 Å². The summed E-state index contributed by atoms with van der Waals surface area (Å²) in [7, 11) is 0. The lowest BCUT2D eigenvalue weighted by molar-refractivity contribution is 0.100. The zero-order chi connectivity index (χ0) is 9.14. The van der Waals surface area contributed by atoms with E-state index in [9.17, 15) is 4.79 Å². The Bertz CT molecular complexity index is 289. The minimum Gasteiger partial charge on any atom is -0.508 e. The SMILES string of the molecule is NCC(=O)c1cc(O)cc(O)c1. The summed E-state index contributed by atoms with van der Waals surface area (Å²) in [5, 5.41) is 18.0. The van der Waals surface area contributed by atoms with E-state index in [1.54, 1.807) is 0 Å².